The van der Waals surface area contributed by atoms with Crippen LogP contribution >= 0.6 is 0 Å². The molecule has 4 nitrogen and oxygen atoms in total. The third-order valence-electron chi connectivity index (χ3n) is 4.04. The zero-order valence-electron chi connectivity index (χ0n) is 12.5. The maximum absolute atomic E-state index is 5.35. The molecule has 0 radical (unpaired) electrons. The Morgan fingerprint density at radius 3 is 3.14 bits per heavy atom. The van der Waals surface area contributed by atoms with Crippen molar-refractivity contribution in [2.24, 2.45) is 0 Å². The molecule has 0 spiro atoms. The number of piperidine rings is 1. The monoisotopic (exact) mass is 285 g/mol. The smallest absolute Gasteiger partial charge is 0.181 e. The maximum atomic E-state index is 5.35. The van der Waals surface area contributed by atoms with E-state index in [-0.39, 0.29) is 0 Å². The minimum atomic E-state index is 0.450. The minimum Gasteiger partial charge on any atom is -0.444 e. The van der Waals surface area contributed by atoms with E-state index in [0.717, 1.165) is 23.4 Å². The molecular formula is C17H23N3O. The van der Waals surface area contributed by atoms with Crippen molar-refractivity contribution >= 4 is 5.69 Å². The van der Waals surface area contributed by atoms with Crippen LogP contribution in [-0.2, 0) is 0 Å². The van der Waals surface area contributed by atoms with Gasteiger partial charge >= 0.3 is 0 Å². The number of hydrogen-bond acceptors (Lipinski definition) is 4. The van der Waals surface area contributed by atoms with Gasteiger partial charge in [-0.1, -0.05) is 18.6 Å². The lowest BCUT2D eigenvalue weighted by atomic mass is 9.98. The van der Waals surface area contributed by atoms with Crippen LogP contribution in [0.1, 0.15) is 32.6 Å². The summed E-state index contributed by atoms with van der Waals surface area (Å²) in [5.41, 5.74) is 2.19. The van der Waals surface area contributed by atoms with Gasteiger partial charge in [0.2, 0.25) is 0 Å². The molecule has 112 valence electrons. The number of hydrogen-bond donors (Lipinski definition) is 2. The molecule has 3 rings (SSSR count). The molecule has 1 aromatic carbocycles. The van der Waals surface area contributed by atoms with Crippen LogP contribution in [0.5, 0.6) is 0 Å². The summed E-state index contributed by atoms with van der Waals surface area (Å²) in [6.45, 7) is 3.41. The van der Waals surface area contributed by atoms with Crippen molar-refractivity contribution in [2.75, 3.05) is 11.9 Å². The quantitative estimate of drug-likeness (QED) is 0.880. The Balaban J connectivity index is 1.60. The van der Waals surface area contributed by atoms with Crippen molar-refractivity contribution in [1.82, 2.24) is 10.3 Å². The minimum absolute atomic E-state index is 0.450. The van der Waals surface area contributed by atoms with Crippen molar-refractivity contribution in [3.63, 3.8) is 0 Å². The van der Waals surface area contributed by atoms with Crippen LogP contribution in [0.15, 0.2) is 41.3 Å². The fourth-order valence-corrected chi connectivity index (χ4v) is 3.02. The molecule has 0 amide bonds. The number of aromatic nitrogens is 1. The van der Waals surface area contributed by atoms with Gasteiger partial charge in [-0.15, -0.1) is 0 Å². The number of rotatable bonds is 5. The summed E-state index contributed by atoms with van der Waals surface area (Å²) in [5, 5.41) is 7.20. The van der Waals surface area contributed by atoms with Crippen LogP contribution in [-0.4, -0.2) is 23.6 Å². The molecule has 1 aliphatic rings. The second kappa shape index (κ2) is 6.76. The highest BCUT2D eigenvalue weighted by Crippen LogP contribution is 2.23. The van der Waals surface area contributed by atoms with E-state index in [0.29, 0.717) is 12.1 Å². The van der Waals surface area contributed by atoms with Gasteiger partial charge in [-0.25, -0.2) is 4.98 Å². The van der Waals surface area contributed by atoms with Crippen LogP contribution in [0.4, 0.5) is 5.69 Å². The Labute approximate surface area is 126 Å². The summed E-state index contributed by atoms with van der Waals surface area (Å²) in [6, 6.07) is 9.41. The van der Waals surface area contributed by atoms with Crippen molar-refractivity contribution < 1.29 is 4.42 Å². The molecule has 2 unspecified atom stereocenters. The van der Waals surface area contributed by atoms with Crippen molar-refractivity contribution in [3.8, 4) is 11.3 Å². The van der Waals surface area contributed by atoms with Crippen LogP contribution in [0.2, 0.25) is 0 Å². The molecule has 1 aromatic heterocycles. The topological polar surface area (TPSA) is 50.1 Å². The number of nitrogens with zero attached hydrogens (tertiary/aromatic N) is 1. The molecule has 1 aliphatic heterocycles. The molecule has 2 aromatic rings. The summed E-state index contributed by atoms with van der Waals surface area (Å²) < 4.78 is 5.35. The lowest BCUT2D eigenvalue weighted by Gasteiger charge is -2.27. The summed E-state index contributed by atoms with van der Waals surface area (Å²) in [7, 11) is 0. The molecule has 0 saturated carbocycles. The average molecular weight is 285 g/mol. The molecule has 1 fully saturated rings. The normalized spacial score (nSPS) is 20.1. The highest BCUT2D eigenvalue weighted by molar-refractivity contribution is 5.63. The van der Waals surface area contributed by atoms with Crippen LogP contribution in [0, 0.1) is 0 Å². The second-order valence-corrected chi connectivity index (χ2v) is 5.87. The third kappa shape index (κ3) is 3.85. The summed E-state index contributed by atoms with van der Waals surface area (Å²) in [4.78, 5) is 3.97. The second-order valence-electron chi connectivity index (χ2n) is 5.87. The van der Waals surface area contributed by atoms with E-state index in [1.807, 2.05) is 12.1 Å². The number of benzene rings is 1. The Morgan fingerprint density at radius 1 is 1.43 bits per heavy atom. The third-order valence-corrected chi connectivity index (χ3v) is 4.04. The zero-order valence-corrected chi connectivity index (χ0v) is 12.5. The molecule has 2 atom stereocenters. The van der Waals surface area contributed by atoms with Gasteiger partial charge in [-0.3, -0.25) is 0 Å². The lowest BCUT2D eigenvalue weighted by Crippen LogP contribution is -2.37. The van der Waals surface area contributed by atoms with E-state index in [1.54, 1.807) is 6.20 Å². The first-order valence-corrected chi connectivity index (χ1v) is 7.80. The predicted molar refractivity (Wildman–Crippen MR) is 85.3 cm³/mol. The molecule has 2 N–H and O–H groups in total. The first kappa shape index (κ1) is 14.1. The van der Waals surface area contributed by atoms with E-state index in [9.17, 15) is 0 Å². The van der Waals surface area contributed by atoms with Gasteiger partial charge in [0.25, 0.3) is 0 Å². The molecular weight excluding hydrogens is 262 g/mol. The SMILES string of the molecule is CC(CC1CCCCN1)Nc1cccc(-c2cnco2)c1. The standard InChI is InChI=1S/C17H23N3O/c1-13(9-15-6-2-3-8-19-15)20-16-7-4-5-14(10-16)17-11-18-12-21-17/h4-5,7,10-13,15,19-20H,2-3,6,8-9H2,1H3. The van der Waals surface area contributed by atoms with Crippen LogP contribution < -0.4 is 10.6 Å². The first-order valence-electron chi connectivity index (χ1n) is 7.80. The molecule has 4 heteroatoms. The van der Waals surface area contributed by atoms with Gasteiger partial charge in [-0.05, 0) is 44.9 Å². The van der Waals surface area contributed by atoms with Gasteiger partial charge in [0.05, 0.1) is 6.20 Å². The number of oxazole rings is 1. The average Bonchev–Trinajstić information content (AvgIpc) is 3.02. The molecule has 1 saturated heterocycles. The van der Waals surface area contributed by atoms with Gasteiger partial charge in [0, 0.05) is 23.3 Å². The molecule has 0 bridgehead atoms. The van der Waals surface area contributed by atoms with E-state index < -0.39 is 0 Å². The maximum Gasteiger partial charge on any atom is 0.181 e. The lowest BCUT2D eigenvalue weighted by molar-refractivity contribution is 0.371. The van der Waals surface area contributed by atoms with Gasteiger partial charge in [0.1, 0.15) is 0 Å². The van der Waals surface area contributed by atoms with Crippen molar-refractivity contribution in [3.05, 3.63) is 36.9 Å². The van der Waals surface area contributed by atoms with Crippen LogP contribution in [0.25, 0.3) is 11.3 Å². The number of nitrogens with one attached hydrogen (secondary N) is 2. The molecule has 0 aliphatic carbocycles. The Kier molecular flexibility index (Phi) is 4.55. The highest BCUT2D eigenvalue weighted by Gasteiger charge is 2.15. The van der Waals surface area contributed by atoms with E-state index in [2.05, 4.69) is 34.7 Å². The fraction of sp³-hybridized carbons (Fsp3) is 0.471. The summed E-state index contributed by atoms with van der Waals surface area (Å²) in [6.07, 6.45) is 8.33. The molecule has 21 heavy (non-hydrogen) atoms. The highest BCUT2D eigenvalue weighted by atomic mass is 16.3. The summed E-state index contributed by atoms with van der Waals surface area (Å²) in [5.74, 6) is 0.806. The van der Waals surface area contributed by atoms with Crippen molar-refractivity contribution in [1.29, 1.82) is 0 Å². The van der Waals surface area contributed by atoms with Gasteiger partial charge in [0.15, 0.2) is 12.2 Å². The fourth-order valence-electron chi connectivity index (χ4n) is 3.02. The first-order chi connectivity index (χ1) is 10.3. The summed E-state index contributed by atoms with van der Waals surface area (Å²) >= 11 is 0. The van der Waals surface area contributed by atoms with Gasteiger partial charge in [-0.2, -0.15) is 0 Å². The largest absolute Gasteiger partial charge is 0.444 e. The Hall–Kier alpha value is -1.81. The van der Waals surface area contributed by atoms with Crippen molar-refractivity contribution in [2.45, 2.75) is 44.7 Å². The predicted octanol–water partition coefficient (Wildman–Crippen LogP) is 3.67. The Morgan fingerprint density at radius 2 is 2.38 bits per heavy atom. The van der Waals surface area contributed by atoms with Crippen LogP contribution in [0.3, 0.4) is 0 Å². The number of anilines is 1. The molecule has 2 heterocycles. The van der Waals surface area contributed by atoms with E-state index in [4.69, 9.17) is 4.42 Å². The zero-order chi connectivity index (χ0) is 14.5. The Bertz CT molecular complexity index is 547. The van der Waals surface area contributed by atoms with E-state index in [1.165, 1.54) is 32.2 Å². The van der Waals surface area contributed by atoms with E-state index >= 15 is 0 Å². The van der Waals surface area contributed by atoms with Gasteiger partial charge < -0.3 is 15.1 Å².